The van der Waals surface area contributed by atoms with Gasteiger partial charge in [0.1, 0.15) is 6.61 Å². The van der Waals surface area contributed by atoms with Crippen LogP contribution in [0.3, 0.4) is 0 Å². The first kappa shape index (κ1) is 35.4. The normalized spacial score (nSPS) is 11.6. The van der Waals surface area contributed by atoms with E-state index in [1.54, 1.807) is 18.2 Å². The lowest BCUT2D eigenvalue weighted by molar-refractivity contribution is -0.145. The molecule has 11 nitrogen and oxygen atoms in total. The summed E-state index contributed by atoms with van der Waals surface area (Å²) in [5.41, 5.74) is 0. The Morgan fingerprint density at radius 2 is 1.03 bits per heavy atom. The summed E-state index contributed by atoms with van der Waals surface area (Å²) in [6.45, 7) is 7.14. The van der Waals surface area contributed by atoms with Gasteiger partial charge in [0.2, 0.25) is 0 Å². The Hall–Kier alpha value is -1.64. The highest BCUT2D eigenvalue weighted by Gasteiger charge is 2.13. The van der Waals surface area contributed by atoms with Crippen LogP contribution in [0.2, 0.25) is 0 Å². The zero-order chi connectivity index (χ0) is 28.3. The van der Waals surface area contributed by atoms with Gasteiger partial charge in [-0.05, 0) is 18.6 Å². The molecule has 0 N–H and O–H groups in total. The Kier molecular flexibility index (Phi) is 23.0. The molecule has 0 aromatic heterocycles. The van der Waals surface area contributed by atoms with Gasteiger partial charge in [-0.25, -0.2) is 0 Å². The lowest BCUT2D eigenvalue weighted by Crippen LogP contribution is -2.15. The molecular formula is C27H46O11S. The molecule has 0 radical (unpaired) electrons. The molecule has 1 aromatic rings. The average Bonchev–Trinajstić information content (AvgIpc) is 2.94. The second-order valence-electron chi connectivity index (χ2n) is 8.29. The molecule has 0 aliphatic carbocycles. The van der Waals surface area contributed by atoms with Crippen molar-refractivity contribution in [3.05, 3.63) is 30.3 Å². The summed E-state index contributed by atoms with van der Waals surface area (Å²) in [6.07, 6.45) is 4.72. The Morgan fingerprint density at radius 3 is 1.49 bits per heavy atom. The van der Waals surface area contributed by atoms with Gasteiger partial charge >= 0.3 is 5.97 Å². The number of hydrogen-bond donors (Lipinski definition) is 0. The largest absolute Gasteiger partial charge is 0.463 e. The highest BCUT2D eigenvalue weighted by molar-refractivity contribution is 7.86. The number of rotatable bonds is 28. The van der Waals surface area contributed by atoms with E-state index in [0.29, 0.717) is 79.1 Å². The van der Waals surface area contributed by atoms with E-state index in [1.807, 2.05) is 0 Å². The van der Waals surface area contributed by atoms with E-state index < -0.39 is 10.1 Å². The van der Waals surface area contributed by atoms with Gasteiger partial charge in [0.05, 0.1) is 90.8 Å². The Morgan fingerprint density at radius 1 is 0.590 bits per heavy atom. The summed E-state index contributed by atoms with van der Waals surface area (Å²) in [6, 6.07) is 7.97. The monoisotopic (exact) mass is 578 g/mol. The standard InChI is InChI=1S/C27H46O11S/c1-2-3-4-8-11-27(28)37-24-22-35-20-18-33-16-14-31-12-13-32-15-17-34-19-21-36-23-25-38-39(29,30)26-9-6-5-7-10-26/h5-7,9-10H,2-4,8,11-25H2,1H3. The maximum absolute atomic E-state index is 11.9. The zero-order valence-electron chi connectivity index (χ0n) is 23.2. The predicted molar refractivity (Wildman–Crippen MR) is 144 cm³/mol. The van der Waals surface area contributed by atoms with Gasteiger partial charge in [-0.15, -0.1) is 0 Å². The maximum Gasteiger partial charge on any atom is 0.305 e. The first-order valence-electron chi connectivity index (χ1n) is 13.6. The van der Waals surface area contributed by atoms with Crippen molar-refractivity contribution in [2.24, 2.45) is 0 Å². The fraction of sp³-hybridized carbons (Fsp3) is 0.741. The molecular weight excluding hydrogens is 532 g/mol. The van der Waals surface area contributed by atoms with Gasteiger partial charge < -0.3 is 33.2 Å². The number of hydrogen-bond acceptors (Lipinski definition) is 11. The molecule has 0 aliphatic rings. The SMILES string of the molecule is CCCCCCC(=O)OCCOCCOCCOCCOCCOCCOCCOS(=O)(=O)c1ccccc1. The number of carbonyl (C=O) groups excluding carboxylic acids is 1. The van der Waals surface area contributed by atoms with Crippen LogP contribution in [0.25, 0.3) is 0 Å². The fourth-order valence-electron chi connectivity index (χ4n) is 3.04. The quantitative estimate of drug-likeness (QED) is 0.0828. The van der Waals surface area contributed by atoms with Gasteiger partial charge in [-0.1, -0.05) is 44.4 Å². The first-order valence-corrected chi connectivity index (χ1v) is 15.0. The van der Waals surface area contributed by atoms with Crippen molar-refractivity contribution >= 4 is 16.1 Å². The smallest absolute Gasteiger partial charge is 0.305 e. The summed E-state index contributed by atoms with van der Waals surface area (Å²) in [4.78, 5) is 11.6. The Bertz CT molecular complexity index is 790. The number of unbranched alkanes of at least 4 members (excludes halogenated alkanes) is 3. The van der Waals surface area contributed by atoms with Gasteiger partial charge in [-0.3, -0.25) is 8.98 Å². The van der Waals surface area contributed by atoms with E-state index in [1.165, 1.54) is 12.1 Å². The third-order valence-corrected chi connectivity index (χ3v) is 6.41. The third kappa shape index (κ3) is 21.8. The summed E-state index contributed by atoms with van der Waals surface area (Å²) in [5, 5.41) is 0. The van der Waals surface area contributed by atoms with Gasteiger partial charge in [0.15, 0.2) is 0 Å². The van der Waals surface area contributed by atoms with Crippen molar-refractivity contribution in [3.8, 4) is 0 Å². The summed E-state index contributed by atoms with van der Waals surface area (Å²) >= 11 is 0. The molecule has 226 valence electrons. The number of ether oxygens (including phenoxy) is 7. The van der Waals surface area contributed by atoms with Crippen molar-refractivity contribution in [2.45, 2.75) is 43.9 Å². The first-order chi connectivity index (χ1) is 19.1. The number of carbonyl (C=O) groups is 1. The molecule has 39 heavy (non-hydrogen) atoms. The van der Waals surface area contributed by atoms with Crippen molar-refractivity contribution in [3.63, 3.8) is 0 Å². The van der Waals surface area contributed by atoms with E-state index in [-0.39, 0.29) is 30.7 Å². The molecule has 0 saturated heterocycles. The molecule has 0 unspecified atom stereocenters. The molecule has 0 bridgehead atoms. The van der Waals surface area contributed by atoms with Crippen molar-refractivity contribution in [2.75, 3.05) is 92.5 Å². The summed E-state index contributed by atoms with van der Waals surface area (Å²) in [5.74, 6) is -0.163. The lowest BCUT2D eigenvalue weighted by atomic mass is 10.2. The van der Waals surface area contributed by atoms with E-state index in [9.17, 15) is 13.2 Å². The van der Waals surface area contributed by atoms with Crippen LogP contribution in [-0.4, -0.2) is 107 Å². The van der Waals surface area contributed by atoms with Crippen LogP contribution >= 0.6 is 0 Å². The molecule has 0 fully saturated rings. The molecule has 0 aliphatic heterocycles. The summed E-state index contributed by atoms with van der Waals surface area (Å²) in [7, 11) is -3.75. The van der Waals surface area contributed by atoms with E-state index in [4.69, 9.17) is 37.3 Å². The minimum atomic E-state index is -3.75. The predicted octanol–water partition coefficient (Wildman–Crippen LogP) is 3.01. The zero-order valence-corrected chi connectivity index (χ0v) is 24.0. The van der Waals surface area contributed by atoms with E-state index in [2.05, 4.69) is 6.92 Å². The van der Waals surface area contributed by atoms with Crippen LogP contribution < -0.4 is 0 Å². The topological polar surface area (TPSA) is 125 Å². The van der Waals surface area contributed by atoms with Gasteiger partial charge in [0, 0.05) is 6.42 Å². The van der Waals surface area contributed by atoms with E-state index >= 15 is 0 Å². The van der Waals surface area contributed by atoms with Crippen molar-refractivity contribution in [1.29, 1.82) is 0 Å². The average molecular weight is 579 g/mol. The van der Waals surface area contributed by atoms with E-state index in [0.717, 1.165) is 25.7 Å². The van der Waals surface area contributed by atoms with Crippen LogP contribution in [0.1, 0.15) is 39.0 Å². The second-order valence-corrected chi connectivity index (χ2v) is 9.91. The third-order valence-electron chi connectivity index (χ3n) is 5.08. The molecule has 0 heterocycles. The van der Waals surface area contributed by atoms with Crippen molar-refractivity contribution < 1.29 is 50.6 Å². The number of benzene rings is 1. The second kappa shape index (κ2) is 25.3. The highest BCUT2D eigenvalue weighted by atomic mass is 32.2. The lowest BCUT2D eigenvalue weighted by Gasteiger charge is -2.09. The maximum atomic E-state index is 11.9. The molecule has 0 amide bonds. The fourth-order valence-corrected chi connectivity index (χ4v) is 3.96. The van der Waals surface area contributed by atoms with Crippen LogP contribution in [0, 0.1) is 0 Å². The van der Waals surface area contributed by atoms with Crippen LogP contribution in [0.4, 0.5) is 0 Å². The summed E-state index contributed by atoms with van der Waals surface area (Å²) < 4.78 is 66.2. The Balaban J connectivity index is 1.73. The van der Waals surface area contributed by atoms with Crippen LogP contribution in [0.15, 0.2) is 35.2 Å². The molecule has 1 rings (SSSR count). The van der Waals surface area contributed by atoms with Crippen molar-refractivity contribution in [1.82, 2.24) is 0 Å². The molecule has 0 saturated carbocycles. The number of esters is 1. The molecule has 0 atom stereocenters. The molecule has 1 aromatic carbocycles. The van der Waals surface area contributed by atoms with Gasteiger partial charge in [-0.2, -0.15) is 8.42 Å². The van der Waals surface area contributed by atoms with Crippen LogP contribution in [0.5, 0.6) is 0 Å². The minimum absolute atomic E-state index is 0.0584. The van der Waals surface area contributed by atoms with Gasteiger partial charge in [0.25, 0.3) is 10.1 Å². The molecule has 12 heteroatoms. The molecule has 0 spiro atoms. The van der Waals surface area contributed by atoms with Crippen LogP contribution in [-0.2, 0) is 52.3 Å². The highest BCUT2D eigenvalue weighted by Crippen LogP contribution is 2.10. The minimum Gasteiger partial charge on any atom is -0.463 e. The Labute approximate surface area is 233 Å².